The van der Waals surface area contributed by atoms with Gasteiger partial charge in [-0.2, -0.15) is 10.4 Å². The molecule has 0 radical (unpaired) electrons. The Morgan fingerprint density at radius 3 is 2.41 bits per heavy atom. The van der Waals surface area contributed by atoms with Gasteiger partial charge in [0.1, 0.15) is 17.3 Å². The molecule has 148 valence electrons. The van der Waals surface area contributed by atoms with Crippen LogP contribution in [0.5, 0.6) is 11.5 Å². The third kappa shape index (κ3) is 3.49. The van der Waals surface area contributed by atoms with E-state index in [9.17, 15) is 13.7 Å². The minimum Gasteiger partial charge on any atom is -0.453 e. The van der Waals surface area contributed by atoms with Crippen LogP contribution >= 0.6 is 0 Å². The second-order valence-electron chi connectivity index (χ2n) is 8.07. The zero-order valence-electron chi connectivity index (χ0n) is 16.1. The lowest BCUT2D eigenvalue weighted by molar-refractivity contribution is 0.473. The minimum atomic E-state index is -3.22. The number of sulfone groups is 1. The van der Waals surface area contributed by atoms with Crippen molar-refractivity contribution in [2.24, 2.45) is 0 Å². The molecule has 2 saturated carbocycles. The van der Waals surface area contributed by atoms with E-state index in [-0.39, 0.29) is 11.8 Å². The van der Waals surface area contributed by atoms with Crippen molar-refractivity contribution < 1.29 is 13.2 Å². The van der Waals surface area contributed by atoms with Gasteiger partial charge in [-0.05, 0) is 37.8 Å². The van der Waals surface area contributed by atoms with Gasteiger partial charge in [0, 0.05) is 28.9 Å². The summed E-state index contributed by atoms with van der Waals surface area (Å²) >= 11 is 0. The van der Waals surface area contributed by atoms with E-state index in [1.54, 1.807) is 10.7 Å². The van der Waals surface area contributed by atoms with E-state index in [4.69, 9.17) is 4.74 Å². The van der Waals surface area contributed by atoms with Crippen LogP contribution < -0.4 is 4.74 Å². The number of hydrogen-bond acceptors (Lipinski definition) is 5. The molecular weight excluding hydrogens is 386 g/mol. The first-order chi connectivity index (χ1) is 13.9. The van der Waals surface area contributed by atoms with Crippen LogP contribution in [0.25, 0.3) is 10.8 Å². The maximum atomic E-state index is 12.0. The second kappa shape index (κ2) is 6.60. The molecule has 0 unspecified atom stereocenters. The van der Waals surface area contributed by atoms with E-state index in [1.165, 1.54) is 6.26 Å². The summed E-state index contributed by atoms with van der Waals surface area (Å²) in [6, 6.07) is 13.5. The van der Waals surface area contributed by atoms with Gasteiger partial charge in [0.2, 0.25) is 0 Å². The molecule has 0 N–H and O–H groups in total. The molecule has 0 saturated heterocycles. The third-order valence-electron chi connectivity index (χ3n) is 5.47. The quantitative estimate of drug-likeness (QED) is 0.602. The minimum absolute atomic E-state index is 0.129. The SMILES string of the molecule is CS(=O)(=O)Cn1nc(C2CC2)c(Oc2ccc(C#N)c3ccccc23)c1C1CC1. The Morgan fingerprint density at radius 1 is 1.10 bits per heavy atom. The van der Waals surface area contributed by atoms with Gasteiger partial charge in [0.25, 0.3) is 0 Å². The van der Waals surface area contributed by atoms with Crippen LogP contribution in [0, 0.1) is 11.3 Å². The summed E-state index contributed by atoms with van der Waals surface area (Å²) in [5.74, 6) is 1.87. The van der Waals surface area contributed by atoms with Gasteiger partial charge in [-0.25, -0.2) is 13.1 Å². The largest absolute Gasteiger partial charge is 0.453 e. The fraction of sp³-hybridized carbons (Fsp3) is 0.364. The van der Waals surface area contributed by atoms with E-state index in [1.807, 2.05) is 30.3 Å². The molecule has 5 rings (SSSR count). The highest BCUT2D eigenvalue weighted by Crippen LogP contribution is 2.52. The summed E-state index contributed by atoms with van der Waals surface area (Å²) in [7, 11) is -3.22. The standard InChI is InChI=1S/C22H21N3O3S/c1-29(26,27)13-25-21(15-8-9-15)22(20(24-25)14-6-7-14)28-19-11-10-16(12-23)17-4-2-3-5-18(17)19/h2-5,10-11,14-15H,6-9,13H2,1H3. The Hall–Kier alpha value is -2.85. The molecular formula is C22H21N3O3S. The third-order valence-corrected chi connectivity index (χ3v) is 6.19. The van der Waals surface area contributed by atoms with Gasteiger partial charge in [0.05, 0.1) is 17.3 Å². The molecule has 0 aliphatic heterocycles. The van der Waals surface area contributed by atoms with Gasteiger partial charge in [-0.3, -0.25) is 0 Å². The zero-order chi connectivity index (χ0) is 20.2. The Kier molecular flexibility index (Phi) is 4.14. The first-order valence-electron chi connectivity index (χ1n) is 9.82. The highest BCUT2D eigenvalue weighted by Gasteiger charge is 2.39. The number of benzene rings is 2. The van der Waals surface area contributed by atoms with Gasteiger partial charge < -0.3 is 4.74 Å². The van der Waals surface area contributed by atoms with Crippen LogP contribution in [0.4, 0.5) is 0 Å². The predicted octanol–water partition coefficient (Wildman–Crippen LogP) is 4.46. The van der Waals surface area contributed by atoms with E-state index >= 15 is 0 Å². The predicted molar refractivity (Wildman–Crippen MR) is 110 cm³/mol. The van der Waals surface area contributed by atoms with E-state index in [0.29, 0.717) is 23.0 Å². The number of hydrogen-bond donors (Lipinski definition) is 0. The molecule has 2 aliphatic carbocycles. The summed E-state index contributed by atoms with van der Waals surface area (Å²) < 4.78 is 32.1. The molecule has 3 aromatic rings. The zero-order valence-corrected chi connectivity index (χ0v) is 16.9. The van der Waals surface area contributed by atoms with Crippen molar-refractivity contribution in [3.05, 3.63) is 53.3 Å². The molecule has 29 heavy (non-hydrogen) atoms. The summed E-state index contributed by atoms with van der Waals surface area (Å²) in [5.41, 5.74) is 2.36. The number of aromatic nitrogens is 2. The molecule has 1 aromatic heterocycles. The summed E-state index contributed by atoms with van der Waals surface area (Å²) in [5, 5.41) is 15.8. The molecule has 0 spiro atoms. The lowest BCUT2D eigenvalue weighted by Gasteiger charge is -2.12. The maximum absolute atomic E-state index is 12.0. The van der Waals surface area contributed by atoms with Crippen LogP contribution in [-0.4, -0.2) is 24.5 Å². The van der Waals surface area contributed by atoms with E-state index in [2.05, 4.69) is 11.2 Å². The van der Waals surface area contributed by atoms with Crippen LogP contribution in [-0.2, 0) is 15.7 Å². The Morgan fingerprint density at radius 2 is 1.79 bits per heavy atom. The van der Waals surface area contributed by atoms with Crippen molar-refractivity contribution in [1.82, 2.24) is 9.78 Å². The van der Waals surface area contributed by atoms with Gasteiger partial charge in [-0.15, -0.1) is 0 Å². The van der Waals surface area contributed by atoms with E-state index < -0.39 is 9.84 Å². The summed E-state index contributed by atoms with van der Waals surface area (Å²) in [6.07, 6.45) is 5.36. The Bertz CT molecular complexity index is 1260. The number of nitriles is 1. The smallest absolute Gasteiger partial charge is 0.172 e. The van der Waals surface area contributed by atoms with Crippen molar-refractivity contribution in [1.29, 1.82) is 5.26 Å². The molecule has 0 amide bonds. The highest BCUT2D eigenvalue weighted by molar-refractivity contribution is 7.89. The Balaban J connectivity index is 1.65. The van der Waals surface area contributed by atoms with Crippen LogP contribution in [0.15, 0.2) is 36.4 Å². The summed E-state index contributed by atoms with van der Waals surface area (Å²) in [6.45, 7) is 0. The normalized spacial score (nSPS) is 16.7. The van der Waals surface area contributed by atoms with Crippen LogP contribution in [0.3, 0.4) is 0 Å². The number of ether oxygens (including phenoxy) is 1. The lowest BCUT2D eigenvalue weighted by atomic mass is 10.0. The van der Waals surface area contributed by atoms with Gasteiger partial charge >= 0.3 is 0 Å². The van der Waals surface area contributed by atoms with Gasteiger partial charge in [0.15, 0.2) is 15.6 Å². The van der Waals surface area contributed by atoms with Crippen LogP contribution in [0.2, 0.25) is 0 Å². The monoisotopic (exact) mass is 407 g/mol. The fourth-order valence-corrected chi connectivity index (χ4v) is 4.49. The molecule has 2 aromatic carbocycles. The van der Waals surface area contributed by atoms with Crippen molar-refractivity contribution in [2.45, 2.75) is 43.4 Å². The maximum Gasteiger partial charge on any atom is 0.172 e. The number of rotatable bonds is 6. The topological polar surface area (TPSA) is 85.0 Å². The first-order valence-corrected chi connectivity index (χ1v) is 11.9. The fourth-order valence-electron chi connectivity index (χ4n) is 3.85. The molecule has 0 atom stereocenters. The van der Waals surface area contributed by atoms with Crippen molar-refractivity contribution in [3.8, 4) is 17.6 Å². The van der Waals surface area contributed by atoms with Crippen molar-refractivity contribution in [3.63, 3.8) is 0 Å². The molecule has 2 fully saturated rings. The first kappa shape index (κ1) is 18.2. The lowest BCUT2D eigenvalue weighted by Crippen LogP contribution is -2.13. The van der Waals surface area contributed by atoms with E-state index in [0.717, 1.165) is 47.8 Å². The number of fused-ring (bicyclic) bond motifs is 1. The van der Waals surface area contributed by atoms with Gasteiger partial charge in [-0.1, -0.05) is 24.3 Å². The Labute approximate surface area is 169 Å². The molecule has 7 heteroatoms. The van der Waals surface area contributed by atoms with Crippen molar-refractivity contribution >= 4 is 20.6 Å². The molecule has 6 nitrogen and oxygen atoms in total. The number of nitrogens with zero attached hydrogens (tertiary/aromatic N) is 3. The van der Waals surface area contributed by atoms with Crippen LogP contribution in [0.1, 0.15) is 54.5 Å². The average molecular weight is 407 g/mol. The molecule has 0 bridgehead atoms. The highest BCUT2D eigenvalue weighted by atomic mass is 32.2. The van der Waals surface area contributed by atoms with Crippen molar-refractivity contribution in [2.75, 3.05) is 6.26 Å². The molecule has 1 heterocycles. The molecule has 2 aliphatic rings. The summed E-state index contributed by atoms with van der Waals surface area (Å²) in [4.78, 5) is 0. The second-order valence-corrected chi connectivity index (χ2v) is 10.2. The average Bonchev–Trinajstić information content (AvgIpc) is 3.60.